The number of carbonyl (C=O) groups excluding carboxylic acids is 2. The van der Waals surface area contributed by atoms with E-state index < -0.39 is 6.04 Å². The van der Waals surface area contributed by atoms with Gasteiger partial charge in [-0.2, -0.15) is 0 Å². The van der Waals surface area contributed by atoms with Gasteiger partial charge in [0.2, 0.25) is 5.91 Å². The van der Waals surface area contributed by atoms with E-state index in [1.54, 1.807) is 52.5 Å². The number of hydrogen-bond donors (Lipinski definition) is 0. The molecule has 2 rings (SSSR count). The predicted molar refractivity (Wildman–Crippen MR) is 111 cm³/mol. The lowest BCUT2D eigenvalue weighted by Crippen LogP contribution is -2.39. The second-order valence-electron chi connectivity index (χ2n) is 6.74. The number of hydrogen-bond acceptors (Lipinski definition) is 4. The van der Waals surface area contributed by atoms with Gasteiger partial charge < -0.3 is 14.4 Å². The lowest BCUT2D eigenvalue weighted by Gasteiger charge is -2.23. The van der Waals surface area contributed by atoms with E-state index in [0.717, 1.165) is 16.7 Å². The highest BCUT2D eigenvalue weighted by atomic mass is 16.5. The van der Waals surface area contributed by atoms with Gasteiger partial charge >= 0.3 is 0 Å². The fourth-order valence-corrected chi connectivity index (χ4v) is 2.74. The summed E-state index contributed by atoms with van der Waals surface area (Å²) in [6, 6.07) is 10.4. The molecular weight excluding hydrogens is 354 g/mol. The van der Waals surface area contributed by atoms with Gasteiger partial charge in [0.05, 0.1) is 20.3 Å². The van der Waals surface area contributed by atoms with E-state index in [1.165, 1.54) is 11.0 Å². The van der Waals surface area contributed by atoms with Crippen LogP contribution in [0.25, 0.3) is 6.08 Å². The van der Waals surface area contributed by atoms with Crippen LogP contribution in [0.1, 0.15) is 34.0 Å². The molecule has 0 radical (unpaired) electrons. The summed E-state index contributed by atoms with van der Waals surface area (Å²) in [6.07, 6.45) is 3.14. The molecule has 0 bridgehead atoms. The maximum atomic E-state index is 12.7. The maximum Gasteiger partial charge on any atom is 0.246 e. The van der Waals surface area contributed by atoms with Gasteiger partial charge in [0.25, 0.3) is 0 Å². The third kappa shape index (κ3) is 4.80. The highest BCUT2D eigenvalue weighted by molar-refractivity contribution is 6.03. The standard InChI is InChI=1S/C23H27NO4/c1-15-7-10-19(13-16(15)2)23(26)17(3)24(4)22(25)12-9-18-8-11-20(27-5)21(14-18)28-6/h7-14,17H,1-6H3/b12-9+. The van der Waals surface area contributed by atoms with Crippen LogP contribution in [0, 0.1) is 13.8 Å². The van der Waals surface area contributed by atoms with Crippen LogP contribution in [0.2, 0.25) is 0 Å². The van der Waals surface area contributed by atoms with Crippen LogP contribution >= 0.6 is 0 Å². The summed E-state index contributed by atoms with van der Waals surface area (Å²) in [5, 5.41) is 0. The van der Waals surface area contributed by atoms with Crippen LogP contribution in [-0.2, 0) is 4.79 Å². The Hall–Kier alpha value is -3.08. The predicted octanol–water partition coefficient (Wildman–Crippen LogP) is 4.06. The van der Waals surface area contributed by atoms with Crippen molar-refractivity contribution in [2.24, 2.45) is 0 Å². The van der Waals surface area contributed by atoms with Crippen molar-refractivity contribution in [3.05, 3.63) is 64.7 Å². The van der Waals surface area contributed by atoms with Gasteiger partial charge in [0.1, 0.15) is 0 Å². The van der Waals surface area contributed by atoms with Crippen LogP contribution in [0.4, 0.5) is 0 Å². The quantitative estimate of drug-likeness (QED) is 0.536. The Labute approximate surface area is 166 Å². The van der Waals surface area contributed by atoms with Gasteiger partial charge in [0, 0.05) is 18.7 Å². The van der Waals surface area contributed by atoms with Crippen molar-refractivity contribution in [1.82, 2.24) is 4.90 Å². The highest BCUT2D eigenvalue weighted by Crippen LogP contribution is 2.28. The van der Waals surface area contributed by atoms with Crippen LogP contribution < -0.4 is 9.47 Å². The summed E-state index contributed by atoms with van der Waals surface area (Å²) in [4.78, 5) is 26.7. The van der Waals surface area contributed by atoms with Gasteiger partial charge in [-0.1, -0.05) is 18.2 Å². The molecule has 0 N–H and O–H groups in total. The molecule has 0 aliphatic rings. The SMILES string of the molecule is COc1ccc(/C=C/C(=O)N(C)C(C)C(=O)c2ccc(C)c(C)c2)cc1OC. The first-order chi connectivity index (χ1) is 13.3. The molecule has 148 valence electrons. The maximum absolute atomic E-state index is 12.7. The van der Waals surface area contributed by atoms with E-state index in [9.17, 15) is 9.59 Å². The van der Waals surface area contributed by atoms with E-state index >= 15 is 0 Å². The van der Waals surface area contributed by atoms with Crippen LogP contribution in [0.15, 0.2) is 42.5 Å². The molecule has 2 aromatic rings. The van der Waals surface area contributed by atoms with Gasteiger partial charge in [-0.25, -0.2) is 0 Å². The number of nitrogens with zero attached hydrogens (tertiary/aromatic N) is 1. The summed E-state index contributed by atoms with van der Waals surface area (Å²) >= 11 is 0. The third-order valence-electron chi connectivity index (χ3n) is 4.93. The van der Waals surface area contributed by atoms with Gasteiger partial charge in [-0.3, -0.25) is 9.59 Å². The molecular formula is C23H27NO4. The van der Waals surface area contributed by atoms with Crippen LogP contribution in [0.3, 0.4) is 0 Å². The van der Waals surface area contributed by atoms with Crippen molar-refractivity contribution in [3.8, 4) is 11.5 Å². The first-order valence-corrected chi connectivity index (χ1v) is 9.06. The largest absolute Gasteiger partial charge is 0.493 e. The number of amides is 1. The number of benzene rings is 2. The highest BCUT2D eigenvalue weighted by Gasteiger charge is 2.22. The number of likely N-dealkylation sites (N-methyl/N-ethyl adjacent to an activating group) is 1. The Morgan fingerprint density at radius 2 is 1.64 bits per heavy atom. The summed E-state index contributed by atoms with van der Waals surface area (Å²) in [5.74, 6) is 0.873. The van der Waals surface area contributed by atoms with Crippen molar-refractivity contribution >= 4 is 17.8 Å². The molecule has 0 aliphatic heterocycles. The molecule has 1 atom stereocenters. The lowest BCUT2D eigenvalue weighted by atomic mass is 10.00. The molecule has 0 fully saturated rings. The molecule has 5 heteroatoms. The van der Waals surface area contributed by atoms with E-state index in [4.69, 9.17) is 9.47 Å². The first kappa shape index (κ1) is 21.2. The number of ether oxygens (including phenoxy) is 2. The third-order valence-corrected chi connectivity index (χ3v) is 4.93. The average Bonchev–Trinajstić information content (AvgIpc) is 2.71. The minimum atomic E-state index is -0.565. The minimum Gasteiger partial charge on any atom is -0.493 e. The first-order valence-electron chi connectivity index (χ1n) is 9.06. The number of methoxy groups -OCH3 is 2. The normalized spacial score (nSPS) is 11.9. The number of rotatable bonds is 7. The van der Waals surface area contributed by atoms with E-state index in [-0.39, 0.29) is 11.7 Å². The smallest absolute Gasteiger partial charge is 0.246 e. The van der Waals surface area contributed by atoms with Crippen molar-refractivity contribution in [1.29, 1.82) is 0 Å². The Balaban J connectivity index is 2.11. The molecule has 1 amide bonds. The van der Waals surface area contributed by atoms with Crippen LogP contribution in [0.5, 0.6) is 11.5 Å². The summed E-state index contributed by atoms with van der Waals surface area (Å²) in [6.45, 7) is 5.71. The van der Waals surface area contributed by atoms with Crippen molar-refractivity contribution in [2.75, 3.05) is 21.3 Å². The topological polar surface area (TPSA) is 55.8 Å². The van der Waals surface area contributed by atoms with Gasteiger partial charge in [-0.15, -0.1) is 0 Å². The van der Waals surface area contributed by atoms with Crippen LogP contribution in [-0.4, -0.2) is 43.9 Å². The second-order valence-corrected chi connectivity index (χ2v) is 6.74. The molecule has 0 aromatic heterocycles. The Morgan fingerprint density at radius 1 is 0.964 bits per heavy atom. The van der Waals surface area contributed by atoms with Gasteiger partial charge in [-0.05, 0) is 61.7 Å². The van der Waals surface area contributed by atoms with Crippen molar-refractivity contribution < 1.29 is 19.1 Å². The second kappa shape index (κ2) is 9.22. The molecule has 2 aromatic carbocycles. The molecule has 1 unspecified atom stereocenters. The molecule has 0 saturated carbocycles. The molecule has 0 saturated heterocycles. The van der Waals surface area contributed by atoms with E-state index in [1.807, 2.05) is 32.0 Å². The molecule has 0 heterocycles. The number of Topliss-reactive ketones (excluding diaryl/α,β-unsaturated/α-hetero) is 1. The zero-order valence-electron chi connectivity index (χ0n) is 17.3. The van der Waals surface area contributed by atoms with E-state index in [2.05, 4.69) is 0 Å². The number of aryl methyl sites for hydroxylation is 2. The molecule has 0 spiro atoms. The van der Waals surface area contributed by atoms with Crippen molar-refractivity contribution in [2.45, 2.75) is 26.8 Å². The summed E-state index contributed by atoms with van der Waals surface area (Å²) in [5.41, 5.74) is 3.60. The summed E-state index contributed by atoms with van der Waals surface area (Å²) < 4.78 is 10.5. The van der Waals surface area contributed by atoms with Gasteiger partial charge in [0.15, 0.2) is 17.3 Å². The molecule has 28 heavy (non-hydrogen) atoms. The zero-order chi connectivity index (χ0) is 20.8. The van der Waals surface area contributed by atoms with Crippen molar-refractivity contribution in [3.63, 3.8) is 0 Å². The Bertz CT molecular complexity index is 901. The average molecular weight is 381 g/mol. The monoisotopic (exact) mass is 381 g/mol. The fraction of sp³-hybridized carbons (Fsp3) is 0.304. The lowest BCUT2D eigenvalue weighted by molar-refractivity contribution is -0.125. The molecule has 5 nitrogen and oxygen atoms in total. The minimum absolute atomic E-state index is 0.0848. The fourth-order valence-electron chi connectivity index (χ4n) is 2.74. The molecule has 0 aliphatic carbocycles. The zero-order valence-corrected chi connectivity index (χ0v) is 17.3. The number of ketones is 1. The Kier molecular flexibility index (Phi) is 6.99. The summed E-state index contributed by atoms with van der Waals surface area (Å²) in [7, 11) is 4.76. The van der Waals surface area contributed by atoms with E-state index in [0.29, 0.717) is 17.1 Å². The number of carbonyl (C=O) groups is 2. The Morgan fingerprint density at radius 3 is 2.25 bits per heavy atom.